The van der Waals surface area contributed by atoms with Crippen LogP contribution < -0.4 is 10.2 Å². The zero-order valence-electron chi connectivity index (χ0n) is 17.6. The summed E-state index contributed by atoms with van der Waals surface area (Å²) in [6.45, 7) is 6.74. The van der Waals surface area contributed by atoms with Crippen molar-refractivity contribution >= 4 is 39.3 Å². The number of aliphatic hydroxyl groups excluding tert-OH is 1. The maximum absolute atomic E-state index is 12.3. The Bertz CT molecular complexity index is 1060. The summed E-state index contributed by atoms with van der Waals surface area (Å²) < 4.78 is 29.6. The monoisotopic (exact) mass is 468 g/mol. The molecule has 2 N–H and O–H groups in total. The molecule has 9 nitrogen and oxygen atoms in total. The van der Waals surface area contributed by atoms with Gasteiger partial charge in [-0.05, 0) is 45.4 Å². The molecule has 3 atom stereocenters. The Balaban J connectivity index is 1.82. The average Bonchev–Trinajstić information content (AvgIpc) is 3.09. The van der Waals surface area contributed by atoms with E-state index in [0.717, 1.165) is 5.56 Å². The van der Waals surface area contributed by atoms with Crippen LogP contribution in [0.25, 0.3) is 0 Å². The first-order valence-electron chi connectivity index (χ1n) is 9.79. The summed E-state index contributed by atoms with van der Waals surface area (Å²) in [5.74, 6) is 0.388. The van der Waals surface area contributed by atoms with Crippen LogP contribution >= 0.6 is 11.6 Å². The lowest BCUT2D eigenvalue weighted by molar-refractivity contribution is 0.142. The fourth-order valence-electron chi connectivity index (χ4n) is 3.14. The number of nitrogens with zero attached hydrogens (tertiary/aromatic N) is 3. The highest BCUT2D eigenvalue weighted by atomic mass is 35.5. The van der Waals surface area contributed by atoms with Gasteiger partial charge in [-0.1, -0.05) is 23.7 Å². The average molecular weight is 469 g/mol. The summed E-state index contributed by atoms with van der Waals surface area (Å²) in [6.07, 6.45) is -1.45. The van der Waals surface area contributed by atoms with E-state index in [1.807, 2.05) is 6.92 Å². The van der Waals surface area contributed by atoms with E-state index >= 15 is 0 Å². The number of halogens is 1. The summed E-state index contributed by atoms with van der Waals surface area (Å²) in [4.78, 5) is 22.2. The molecule has 1 aromatic carbocycles. The normalized spacial score (nSPS) is 18.7. The summed E-state index contributed by atoms with van der Waals surface area (Å²) in [7, 11) is -3.35. The molecule has 11 heteroatoms. The van der Waals surface area contributed by atoms with Gasteiger partial charge in [-0.3, -0.25) is 4.90 Å². The first kappa shape index (κ1) is 23.2. The lowest BCUT2D eigenvalue weighted by atomic mass is 10.1. The Labute approximate surface area is 186 Å². The van der Waals surface area contributed by atoms with Crippen LogP contribution in [0.1, 0.15) is 39.3 Å². The maximum atomic E-state index is 12.3. The Morgan fingerprint density at radius 2 is 1.84 bits per heavy atom. The number of aliphatic hydroxyl groups is 1. The number of sulfone groups is 1. The third kappa shape index (κ3) is 4.91. The summed E-state index contributed by atoms with van der Waals surface area (Å²) in [5, 5.41) is 12.7. The molecule has 1 saturated heterocycles. The van der Waals surface area contributed by atoms with Crippen molar-refractivity contribution in [1.82, 2.24) is 9.97 Å². The summed E-state index contributed by atoms with van der Waals surface area (Å²) >= 11 is 6.13. The molecule has 0 bridgehead atoms. The predicted molar refractivity (Wildman–Crippen MR) is 117 cm³/mol. The first-order chi connectivity index (χ1) is 14.5. The minimum Gasteiger partial charge on any atom is -0.447 e. The molecule has 3 rings (SSSR count). The van der Waals surface area contributed by atoms with Crippen molar-refractivity contribution in [3.63, 3.8) is 0 Å². The van der Waals surface area contributed by atoms with Gasteiger partial charge < -0.3 is 15.2 Å². The molecule has 1 aromatic heterocycles. The van der Waals surface area contributed by atoms with Crippen LogP contribution in [0.4, 0.5) is 16.6 Å². The van der Waals surface area contributed by atoms with Gasteiger partial charge in [0.15, 0.2) is 9.84 Å². The SMILES string of the molecule is CC(C)S(=O)(=O)c1ccc([C@H](C)Nc2nc(Cl)cc(N3C(=O)OCC3[C@@H](C)O)n2)cc1. The molecule has 0 saturated carbocycles. The zero-order valence-corrected chi connectivity index (χ0v) is 19.2. The highest BCUT2D eigenvalue weighted by molar-refractivity contribution is 7.92. The Morgan fingerprint density at radius 3 is 2.42 bits per heavy atom. The molecule has 1 fully saturated rings. The highest BCUT2D eigenvalue weighted by Crippen LogP contribution is 2.28. The number of anilines is 2. The number of carbonyl (C=O) groups excluding carboxylic acids is 1. The van der Waals surface area contributed by atoms with Gasteiger partial charge >= 0.3 is 6.09 Å². The molecular weight excluding hydrogens is 444 g/mol. The molecule has 0 spiro atoms. The topological polar surface area (TPSA) is 122 Å². The minimum atomic E-state index is -3.35. The molecule has 1 unspecified atom stereocenters. The first-order valence-corrected chi connectivity index (χ1v) is 11.7. The zero-order chi connectivity index (χ0) is 22.9. The van der Waals surface area contributed by atoms with E-state index in [9.17, 15) is 18.3 Å². The maximum Gasteiger partial charge on any atom is 0.416 e. The molecule has 168 valence electrons. The number of amides is 1. The van der Waals surface area contributed by atoms with E-state index < -0.39 is 33.3 Å². The van der Waals surface area contributed by atoms with Crippen LogP contribution in [0.3, 0.4) is 0 Å². The molecule has 2 heterocycles. The second-order valence-electron chi connectivity index (χ2n) is 7.66. The van der Waals surface area contributed by atoms with Crippen molar-refractivity contribution in [2.45, 2.75) is 56.0 Å². The van der Waals surface area contributed by atoms with Crippen LogP contribution in [-0.4, -0.2) is 53.6 Å². The second-order valence-corrected chi connectivity index (χ2v) is 10.5. The van der Waals surface area contributed by atoms with Crippen LogP contribution in [0, 0.1) is 0 Å². The van der Waals surface area contributed by atoms with Crippen LogP contribution in [0.15, 0.2) is 35.2 Å². The largest absolute Gasteiger partial charge is 0.447 e. The fraction of sp³-hybridized carbons (Fsp3) is 0.450. The molecule has 0 radical (unpaired) electrons. The highest BCUT2D eigenvalue weighted by Gasteiger charge is 2.38. The Morgan fingerprint density at radius 1 is 1.19 bits per heavy atom. The van der Waals surface area contributed by atoms with Crippen LogP contribution in [0.5, 0.6) is 0 Å². The Hall–Kier alpha value is -2.43. The van der Waals surface area contributed by atoms with E-state index in [-0.39, 0.29) is 34.5 Å². The minimum absolute atomic E-state index is 0.0446. The van der Waals surface area contributed by atoms with E-state index in [0.29, 0.717) is 0 Å². The van der Waals surface area contributed by atoms with Crippen molar-refractivity contribution < 1.29 is 23.1 Å². The molecule has 2 aromatic rings. The third-order valence-electron chi connectivity index (χ3n) is 5.07. The number of hydrogen-bond acceptors (Lipinski definition) is 8. The molecule has 1 amide bonds. The van der Waals surface area contributed by atoms with Gasteiger partial charge in [0, 0.05) is 6.07 Å². The number of nitrogens with one attached hydrogen (secondary N) is 1. The van der Waals surface area contributed by atoms with Gasteiger partial charge in [0.1, 0.15) is 23.6 Å². The van der Waals surface area contributed by atoms with Gasteiger partial charge in [-0.2, -0.15) is 4.98 Å². The third-order valence-corrected chi connectivity index (χ3v) is 7.43. The number of cyclic esters (lactones) is 1. The lowest BCUT2D eigenvalue weighted by Crippen LogP contribution is -2.41. The Kier molecular flexibility index (Phi) is 6.73. The number of ether oxygens (including phenoxy) is 1. The number of hydrogen-bond donors (Lipinski definition) is 2. The standard InChI is InChI=1S/C20H25ClN4O5S/c1-11(2)31(28,29)15-7-5-14(6-8-15)12(3)22-19-23-17(21)9-18(24-19)25-16(13(4)26)10-30-20(25)27/h5-9,11-13,16,26H,10H2,1-4H3,(H,22,23,24)/t12-,13+,16?/m0/s1. The van der Waals surface area contributed by atoms with Gasteiger partial charge in [0.2, 0.25) is 5.95 Å². The quantitative estimate of drug-likeness (QED) is 0.594. The van der Waals surface area contributed by atoms with E-state index in [2.05, 4.69) is 15.3 Å². The second kappa shape index (κ2) is 8.97. The lowest BCUT2D eigenvalue weighted by Gasteiger charge is -2.23. The van der Waals surface area contributed by atoms with Crippen LogP contribution in [-0.2, 0) is 14.6 Å². The summed E-state index contributed by atoms with van der Waals surface area (Å²) in [6, 6.07) is 7.14. The van der Waals surface area contributed by atoms with E-state index in [4.69, 9.17) is 16.3 Å². The number of rotatable bonds is 7. The van der Waals surface area contributed by atoms with Gasteiger partial charge in [0.05, 0.1) is 22.3 Å². The fourth-order valence-corrected chi connectivity index (χ4v) is 4.38. The molecular formula is C20H25ClN4O5S. The van der Waals surface area contributed by atoms with E-state index in [1.54, 1.807) is 45.0 Å². The predicted octanol–water partition coefficient (Wildman–Crippen LogP) is 3.19. The van der Waals surface area contributed by atoms with Crippen molar-refractivity contribution in [2.75, 3.05) is 16.8 Å². The smallest absolute Gasteiger partial charge is 0.416 e. The van der Waals surface area contributed by atoms with Crippen molar-refractivity contribution in [2.24, 2.45) is 0 Å². The number of aromatic nitrogens is 2. The van der Waals surface area contributed by atoms with Crippen LogP contribution in [0.2, 0.25) is 5.15 Å². The molecule has 1 aliphatic heterocycles. The van der Waals surface area contributed by atoms with Crippen molar-refractivity contribution in [1.29, 1.82) is 0 Å². The van der Waals surface area contributed by atoms with E-state index in [1.165, 1.54) is 11.0 Å². The molecule has 1 aliphatic rings. The van der Waals surface area contributed by atoms with Gasteiger partial charge in [-0.25, -0.2) is 18.2 Å². The van der Waals surface area contributed by atoms with Crippen molar-refractivity contribution in [3.05, 3.63) is 41.0 Å². The van der Waals surface area contributed by atoms with Gasteiger partial charge in [-0.15, -0.1) is 0 Å². The molecule has 0 aliphatic carbocycles. The summed E-state index contributed by atoms with van der Waals surface area (Å²) in [5.41, 5.74) is 0.815. The number of carbonyl (C=O) groups is 1. The number of benzene rings is 1. The molecule has 31 heavy (non-hydrogen) atoms. The van der Waals surface area contributed by atoms with Crippen molar-refractivity contribution in [3.8, 4) is 0 Å². The van der Waals surface area contributed by atoms with Gasteiger partial charge in [0.25, 0.3) is 0 Å².